The van der Waals surface area contributed by atoms with Gasteiger partial charge in [-0.3, -0.25) is 4.79 Å². The number of hydrogen-bond donors (Lipinski definition) is 4. The smallest absolute Gasteiger partial charge is 0.253 e. The van der Waals surface area contributed by atoms with Gasteiger partial charge in [-0.05, 0) is 18.7 Å². The van der Waals surface area contributed by atoms with Gasteiger partial charge in [-0.1, -0.05) is 30.3 Å². The van der Waals surface area contributed by atoms with Crippen LogP contribution in [0.5, 0.6) is 0 Å². The lowest BCUT2D eigenvalue weighted by molar-refractivity contribution is 0.0942. The molecule has 2 heterocycles. The molecule has 1 aromatic heterocycles. The fourth-order valence-electron chi connectivity index (χ4n) is 2.73. The lowest BCUT2D eigenvalue weighted by Gasteiger charge is -2.23. The molecule has 21 heavy (non-hydrogen) atoms. The van der Waals surface area contributed by atoms with Crippen molar-refractivity contribution in [2.75, 3.05) is 20.1 Å². The number of benzene rings is 1. The summed E-state index contributed by atoms with van der Waals surface area (Å²) in [6.45, 7) is 1.05. The van der Waals surface area contributed by atoms with Crippen LogP contribution >= 0.6 is 0 Å². The van der Waals surface area contributed by atoms with Crippen LogP contribution in [0, 0.1) is 5.41 Å². The van der Waals surface area contributed by atoms with Gasteiger partial charge in [-0.25, -0.2) is 0 Å². The number of aromatic nitrogens is 1. The molecule has 5 heteroatoms. The average molecular weight is 282 g/mol. The molecule has 0 radical (unpaired) electrons. The van der Waals surface area contributed by atoms with Crippen LogP contribution in [0.2, 0.25) is 0 Å². The fourth-order valence-corrected chi connectivity index (χ4v) is 2.73. The molecule has 1 aromatic carbocycles. The number of rotatable bonds is 4. The molecule has 1 aliphatic rings. The van der Waals surface area contributed by atoms with Gasteiger partial charge in [0.2, 0.25) is 0 Å². The number of hydrogen-bond acceptors (Lipinski definition) is 3. The minimum atomic E-state index is -0.0723. The van der Waals surface area contributed by atoms with Crippen LogP contribution in [0.15, 0.2) is 36.4 Å². The predicted octanol–water partition coefficient (Wildman–Crippen LogP) is 1.48. The summed E-state index contributed by atoms with van der Waals surface area (Å²) in [6, 6.07) is 11.9. The monoisotopic (exact) mass is 282 g/mol. The Morgan fingerprint density at radius 2 is 2.14 bits per heavy atom. The van der Waals surface area contributed by atoms with Gasteiger partial charge >= 0.3 is 0 Å². The molecule has 3 rings (SSSR count). The zero-order valence-electron chi connectivity index (χ0n) is 11.9. The van der Waals surface area contributed by atoms with E-state index in [9.17, 15) is 4.79 Å². The van der Waals surface area contributed by atoms with Crippen molar-refractivity contribution in [1.82, 2.24) is 15.6 Å². The van der Waals surface area contributed by atoms with E-state index in [0.29, 0.717) is 30.1 Å². The van der Waals surface area contributed by atoms with E-state index in [1.165, 1.54) is 0 Å². The first-order chi connectivity index (χ1) is 10.2. The first kappa shape index (κ1) is 13.6. The van der Waals surface area contributed by atoms with Gasteiger partial charge in [0.15, 0.2) is 0 Å². The van der Waals surface area contributed by atoms with Crippen LogP contribution in [-0.4, -0.2) is 36.7 Å². The summed E-state index contributed by atoms with van der Waals surface area (Å²) >= 11 is 0. The molecule has 1 atom stereocenters. The highest BCUT2D eigenvalue weighted by molar-refractivity contribution is 6.03. The molecule has 0 spiro atoms. The molecule has 0 saturated heterocycles. The van der Waals surface area contributed by atoms with Crippen LogP contribution in [0.1, 0.15) is 33.2 Å². The number of amides is 1. The molecule has 1 unspecified atom stereocenters. The van der Waals surface area contributed by atoms with Crippen molar-refractivity contribution in [3.8, 4) is 0 Å². The van der Waals surface area contributed by atoms with Crippen molar-refractivity contribution in [2.45, 2.75) is 5.92 Å². The summed E-state index contributed by atoms with van der Waals surface area (Å²) in [5.74, 6) is 0.0342. The second-order valence-electron chi connectivity index (χ2n) is 5.19. The van der Waals surface area contributed by atoms with Crippen molar-refractivity contribution < 1.29 is 4.79 Å². The summed E-state index contributed by atoms with van der Waals surface area (Å²) in [5.41, 5.74) is 3.86. The van der Waals surface area contributed by atoms with Crippen LogP contribution < -0.4 is 10.6 Å². The SMILES string of the molecule is CNCC(=N)c1cc2c([nH]1)C(c1ccccc1)CNC2=O. The van der Waals surface area contributed by atoms with Crippen molar-refractivity contribution in [3.05, 3.63) is 58.9 Å². The van der Waals surface area contributed by atoms with Crippen LogP contribution in [0.4, 0.5) is 0 Å². The maximum absolute atomic E-state index is 12.0. The second kappa shape index (κ2) is 5.54. The van der Waals surface area contributed by atoms with E-state index < -0.39 is 0 Å². The molecule has 0 fully saturated rings. The zero-order valence-corrected chi connectivity index (χ0v) is 11.9. The summed E-state index contributed by atoms with van der Waals surface area (Å²) < 4.78 is 0. The Morgan fingerprint density at radius 1 is 1.38 bits per heavy atom. The molecule has 108 valence electrons. The van der Waals surface area contributed by atoms with Gasteiger partial charge in [-0.15, -0.1) is 0 Å². The van der Waals surface area contributed by atoms with E-state index in [2.05, 4.69) is 27.8 Å². The topological polar surface area (TPSA) is 80.8 Å². The van der Waals surface area contributed by atoms with E-state index in [4.69, 9.17) is 5.41 Å². The fraction of sp³-hybridized carbons (Fsp3) is 0.250. The van der Waals surface area contributed by atoms with Crippen molar-refractivity contribution >= 4 is 11.6 Å². The number of fused-ring (bicyclic) bond motifs is 1. The van der Waals surface area contributed by atoms with Crippen LogP contribution in [-0.2, 0) is 0 Å². The number of likely N-dealkylation sites (N-methyl/N-ethyl adjacent to an activating group) is 1. The Morgan fingerprint density at radius 3 is 2.86 bits per heavy atom. The number of aromatic amines is 1. The molecular weight excluding hydrogens is 264 g/mol. The molecular formula is C16H18N4O. The maximum atomic E-state index is 12.0. The van der Waals surface area contributed by atoms with Gasteiger partial charge < -0.3 is 21.0 Å². The van der Waals surface area contributed by atoms with E-state index >= 15 is 0 Å². The highest BCUT2D eigenvalue weighted by Gasteiger charge is 2.29. The first-order valence-electron chi connectivity index (χ1n) is 6.99. The Labute approximate surface area is 123 Å². The summed E-state index contributed by atoms with van der Waals surface area (Å²) in [6.07, 6.45) is 0. The third kappa shape index (κ3) is 2.48. The van der Waals surface area contributed by atoms with Crippen molar-refractivity contribution in [1.29, 1.82) is 5.41 Å². The van der Waals surface area contributed by atoms with Gasteiger partial charge in [-0.2, -0.15) is 0 Å². The molecule has 4 N–H and O–H groups in total. The molecule has 2 aromatic rings. The Bertz CT molecular complexity index is 675. The Hall–Kier alpha value is -2.40. The second-order valence-corrected chi connectivity index (χ2v) is 5.19. The molecule has 0 saturated carbocycles. The Balaban J connectivity index is 2.01. The molecule has 5 nitrogen and oxygen atoms in total. The van der Waals surface area contributed by atoms with Gasteiger partial charge in [0.1, 0.15) is 0 Å². The van der Waals surface area contributed by atoms with Gasteiger partial charge in [0.25, 0.3) is 5.91 Å². The largest absolute Gasteiger partial charge is 0.356 e. The third-order valence-electron chi connectivity index (χ3n) is 3.79. The summed E-state index contributed by atoms with van der Waals surface area (Å²) in [5, 5.41) is 13.9. The Kier molecular flexibility index (Phi) is 3.58. The molecule has 0 bridgehead atoms. The summed E-state index contributed by atoms with van der Waals surface area (Å²) in [7, 11) is 1.80. The number of H-pyrrole nitrogens is 1. The normalized spacial score (nSPS) is 17.2. The maximum Gasteiger partial charge on any atom is 0.253 e. The summed E-state index contributed by atoms with van der Waals surface area (Å²) in [4.78, 5) is 15.3. The highest BCUT2D eigenvalue weighted by atomic mass is 16.1. The predicted molar refractivity (Wildman–Crippen MR) is 82.2 cm³/mol. The zero-order chi connectivity index (χ0) is 14.8. The molecule has 1 amide bonds. The van der Waals surface area contributed by atoms with Gasteiger partial charge in [0.05, 0.1) is 17.0 Å². The van der Waals surface area contributed by atoms with Gasteiger partial charge in [0, 0.05) is 24.7 Å². The molecule has 1 aliphatic heterocycles. The lowest BCUT2D eigenvalue weighted by atomic mass is 9.90. The van der Waals surface area contributed by atoms with E-state index in [-0.39, 0.29) is 11.8 Å². The highest BCUT2D eigenvalue weighted by Crippen LogP contribution is 2.30. The minimum Gasteiger partial charge on any atom is -0.356 e. The first-order valence-corrected chi connectivity index (χ1v) is 6.99. The third-order valence-corrected chi connectivity index (χ3v) is 3.79. The number of nitrogens with one attached hydrogen (secondary N) is 4. The lowest BCUT2D eigenvalue weighted by Crippen LogP contribution is -2.35. The van der Waals surface area contributed by atoms with Crippen molar-refractivity contribution in [3.63, 3.8) is 0 Å². The van der Waals surface area contributed by atoms with Crippen LogP contribution in [0.3, 0.4) is 0 Å². The standard InChI is InChI=1S/C16H18N4O/c1-18-9-13(17)14-7-11-15(20-14)12(8-19-16(11)21)10-5-3-2-4-6-10/h2-7,12,17-18,20H,8-9H2,1H3,(H,19,21). The number of carbonyl (C=O) groups is 1. The molecule has 0 aliphatic carbocycles. The quantitative estimate of drug-likeness (QED) is 0.641. The number of carbonyl (C=O) groups excluding carboxylic acids is 1. The van der Waals surface area contributed by atoms with Crippen molar-refractivity contribution in [2.24, 2.45) is 0 Å². The van der Waals surface area contributed by atoms with E-state index in [0.717, 1.165) is 11.3 Å². The average Bonchev–Trinajstić information content (AvgIpc) is 2.95. The van der Waals surface area contributed by atoms with Crippen LogP contribution in [0.25, 0.3) is 0 Å². The van der Waals surface area contributed by atoms with E-state index in [1.54, 1.807) is 13.1 Å². The minimum absolute atomic E-state index is 0.0723. The van der Waals surface area contributed by atoms with E-state index in [1.807, 2.05) is 18.2 Å².